The summed E-state index contributed by atoms with van der Waals surface area (Å²) < 4.78 is 5.32. The molecule has 0 spiro atoms. The summed E-state index contributed by atoms with van der Waals surface area (Å²) in [5.41, 5.74) is -0.764. The molecule has 0 unspecified atom stereocenters. The van der Waals surface area contributed by atoms with E-state index < -0.39 is 11.7 Å². The Bertz CT molecular complexity index is 275. The summed E-state index contributed by atoms with van der Waals surface area (Å²) in [7, 11) is 0. The molecule has 18 heavy (non-hydrogen) atoms. The number of nitrogens with one attached hydrogen (secondary N) is 1. The summed E-state index contributed by atoms with van der Waals surface area (Å²) in [6, 6.07) is 0. The maximum atomic E-state index is 11.9. The molecule has 0 heterocycles. The van der Waals surface area contributed by atoms with Gasteiger partial charge in [-0.3, -0.25) is 0 Å². The highest BCUT2D eigenvalue weighted by atomic mass is 16.6. The van der Waals surface area contributed by atoms with E-state index in [1.54, 1.807) is 6.92 Å². The van der Waals surface area contributed by atoms with Crippen molar-refractivity contribution in [2.24, 2.45) is 0 Å². The lowest BCUT2D eigenvalue weighted by Crippen LogP contribution is -2.52. The van der Waals surface area contributed by atoms with Crippen molar-refractivity contribution in [1.29, 1.82) is 0 Å². The maximum absolute atomic E-state index is 11.9. The Hall–Kier alpha value is -0.770. The molecule has 1 amide bonds. The van der Waals surface area contributed by atoms with Crippen LogP contribution in [0, 0.1) is 0 Å². The number of carbonyl (C=O) groups excluding carboxylic acids is 1. The second kappa shape index (κ2) is 5.91. The van der Waals surface area contributed by atoms with Crippen LogP contribution in [0.15, 0.2) is 0 Å². The van der Waals surface area contributed by atoms with Crippen LogP contribution in [0.2, 0.25) is 0 Å². The zero-order valence-corrected chi connectivity index (χ0v) is 12.1. The normalized spacial score (nSPS) is 21.2. The molecule has 0 aliphatic heterocycles. The fourth-order valence-corrected chi connectivity index (χ4v) is 2.69. The Morgan fingerprint density at radius 3 is 2.33 bits per heavy atom. The third kappa shape index (κ3) is 5.25. The minimum absolute atomic E-state index is 0.283. The van der Waals surface area contributed by atoms with Crippen LogP contribution in [0.1, 0.15) is 66.2 Å². The number of aliphatic hydroxyl groups excluding tert-OH is 1. The second-order valence-corrected chi connectivity index (χ2v) is 6.52. The molecular formula is C14H27NO3. The Kier molecular flexibility index (Phi) is 5.02. The molecule has 1 atom stereocenters. The van der Waals surface area contributed by atoms with Crippen molar-refractivity contribution in [2.75, 3.05) is 0 Å². The zero-order valence-electron chi connectivity index (χ0n) is 12.1. The minimum atomic E-state index is -0.481. The van der Waals surface area contributed by atoms with E-state index in [1.807, 2.05) is 20.8 Å². The number of aliphatic hydroxyl groups is 1. The third-order valence-electron chi connectivity index (χ3n) is 3.26. The number of carbonyl (C=O) groups is 1. The molecule has 0 bridgehead atoms. The Labute approximate surface area is 110 Å². The van der Waals surface area contributed by atoms with Crippen LogP contribution in [0.25, 0.3) is 0 Å². The lowest BCUT2D eigenvalue weighted by Gasteiger charge is -2.39. The van der Waals surface area contributed by atoms with Gasteiger partial charge < -0.3 is 15.2 Å². The quantitative estimate of drug-likeness (QED) is 0.817. The van der Waals surface area contributed by atoms with Gasteiger partial charge in [0, 0.05) is 5.54 Å². The van der Waals surface area contributed by atoms with Crippen LogP contribution >= 0.6 is 0 Å². The highest BCUT2D eigenvalue weighted by Gasteiger charge is 2.35. The molecule has 4 nitrogen and oxygen atoms in total. The number of hydrogen-bond acceptors (Lipinski definition) is 3. The topological polar surface area (TPSA) is 58.6 Å². The van der Waals surface area contributed by atoms with E-state index in [1.165, 1.54) is 6.42 Å². The van der Waals surface area contributed by atoms with Crippen LogP contribution in [0.5, 0.6) is 0 Å². The van der Waals surface area contributed by atoms with Crippen molar-refractivity contribution in [3.8, 4) is 0 Å². The van der Waals surface area contributed by atoms with E-state index in [2.05, 4.69) is 5.32 Å². The van der Waals surface area contributed by atoms with Crippen LogP contribution in [0.4, 0.5) is 4.79 Å². The van der Waals surface area contributed by atoms with Crippen LogP contribution in [0.3, 0.4) is 0 Å². The Morgan fingerprint density at radius 2 is 1.89 bits per heavy atom. The number of rotatable bonds is 3. The van der Waals surface area contributed by atoms with Gasteiger partial charge in [-0.2, -0.15) is 0 Å². The van der Waals surface area contributed by atoms with Crippen molar-refractivity contribution < 1.29 is 14.6 Å². The van der Waals surface area contributed by atoms with E-state index in [0.717, 1.165) is 25.7 Å². The van der Waals surface area contributed by atoms with Gasteiger partial charge in [0.1, 0.15) is 5.60 Å². The Morgan fingerprint density at radius 1 is 1.33 bits per heavy atom. The molecule has 0 aromatic carbocycles. The molecular weight excluding hydrogens is 230 g/mol. The van der Waals surface area contributed by atoms with Gasteiger partial charge in [0.15, 0.2) is 0 Å². The lowest BCUT2D eigenvalue weighted by molar-refractivity contribution is 0.0359. The monoisotopic (exact) mass is 257 g/mol. The van der Waals surface area contributed by atoms with Crippen molar-refractivity contribution in [2.45, 2.75) is 83.5 Å². The zero-order chi connectivity index (χ0) is 13.8. The highest BCUT2D eigenvalue weighted by molar-refractivity contribution is 5.68. The highest BCUT2D eigenvalue weighted by Crippen LogP contribution is 2.32. The standard InChI is InChI=1S/C14H27NO3/c1-11(16)10-14(8-6-5-7-9-14)15-12(17)18-13(2,3)4/h11,16H,5-10H2,1-4H3,(H,15,17)/t11-/m1/s1. The summed E-state index contributed by atoms with van der Waals surface area (Å²) in [6.07, 6.45) is 5.09. The molecule has 106 valence electrons. The van der Waals surface area contributed by atoms with Gasteiger partial charge >= 0.3 is 6.09 Å². The first-order valence-electron chi connectivity index (χ1n) is 6.92. The van der Waals surface area contributed by atoms with Crippen LogP contribution < -0.4 is 5.32 Å². The third-order valence-corrected chi connectivity index (χ3v) is 3.26. The molecule has 0 radical (unpaired) electrons. The molecule has 4 heteroatoms. The number of hydrogen-bond donors (Lipinski definition) is 2. The van der Waals surface area contributed by atoms with E-state index in [9.17, 15) is 9.90 Å². The maximum Gasteiger partial charge on any atom is 0.408 e. The predicted molar refractivity (Wildman–Crippen MR) is 71.5 cm³/mol. The second-order valence-electron chi connectivity index (χ2n) is 6.52. The first-order chi connectivity index (χ1) is 8.22. The fourth-order valence-electron chi connectivity index (χ4n) is 2.69. The smallest absolute Gasteiger partial charge is 0.408 e. The Balaban J connectivity index is 2.63. The molecule has 0 saturated heterocycles. The number of amides is 1. The van der Waals surface area contributed by atoms with E-state index >= 15 is 0 Å². The summed E-state index contributed by atoms with van der Waals surface area (Å²) >= 11 is 0. The van der Waals surface area contributed by atoms with Gasteiger partial charge in [0.25, 0.3) is 0 Å². The molecule has 0 aromatic heterocycles. The van der Waals surface area contributed by atoms with Gasteiger partial charge in [-0.05, 0) is 47.0 Å². The van der Waals surface area contributed by atoms with Gasteiger partial charge in [-0.1, -0.05) is 19.3 Å². The van der Waals surface area contributed by atoms with E-state index in [0.29, 0.717) is 6.42 Å². The SMILES string of the molecule is C[C@@H](O)CC1(NC(=O)OC(C)(C)C)CCCCC1. The minimum Gasteiger partial charge on any atom is -0.444 e. The number of ether oxygens (including phenoxy) is 1. The van der Waals surface area contributed by atoms with Crippen LogP contribution in [-0.4, -0.2) is 28.4 Å². The summed E-state index contributed by atoms with van der Waals surface area (Å²) in [6.45, 7) is 7.34. The average Bonchev–Trinajstić information content (AvgIpc) is 2.13. The molecule has 2 N–H and O–H groups in total. The van der Waals surface area contributed by atoms with Crippen molar-refractivity contribution in [3.05, 3.63) is 0 Å². The van der Waals surface area contributed by atoms with E-state index in [-0.39, 0.29) is 11.6 Å². The van der Waals surface area contributed by atoms with Crippen molar-refractivity contribution in [1.82, 2.24) is 5.32 Å². The largest absolute Gasteiger partial charge is 0.444 e. The van der Waals surface area contributed by atoms with Gasteiger partial charge in [-0.25, -0.2) is 4.79 Å². The van der Waals surface area contributed by atoms with Gasteiger partial charge in [-0.15, -0.1) is 0 Å². The predicted octanol–water partition coefficient (Wildman–Crippen LogP) is 2.98. The first kappa shape index (κ1) is 15.3. The summed E-state index contributed by atoms with van der Waals surface area (Å²) in [5.74, 6) is 0. The van der Waals surface area contributed by atoms with E-state index in [4.69, 9.17) is 4.74 Å². The van der Waals surface area contributed by atoms with Gasteiger partial charge in [0.05, 0.1) is 6.10 Å². The molecule has 1 rings (SSSR count). The van der Waals surface area contributed by atoms with Crippen molar-refractivity contribution in [3.63, 3.8) is 0 Å². The summed E-state index contributed by atoms with van der Waals surface area (Å²) in [5, 5.41) is 12.6. The average molecular weight is 257 g/mol. The molecule has 0 aromatic rings. The lowest BCUT2D eigenvalue weighted by atomic mass is 9.78. The number of alkyl carbamates (subject to hydrolysis) is 1. The fraction of sp³-hybridized carbons (Fsp3) is 0.929. The molecule has 1 saturated carbocycles. The molecule has 1 aliphatic carbocycles. The van der Waals surface area contributed by atoms with Gasteiger partial charge in [0.2, 0.25) is 0 Å². The molecule has 1 aliphatic rings. The summed E-state index contributed by atoms with van der Waals surface area (Å²) in [4.78, 5) is 11.9. The van der Waals surface area contributed by atoms with Crippen molar-refractivity contribution >= 4 is 6.09 Å². The molecule has 1 fully saturated rings. The first-order valence-corrected chi connectivity index (χ1v) is 6.92. The van der Waals surface area contributed by atoms with Crippen LogP contribution in [-0.2, 0) is 4.74 Å².